The third-order valence-electron chi connectivity index (χ3n) is 2.48. The summed E-state index contributed by atoms with van der Waals surface area (Å²) < 4.78 is 31.2. The molecule has 0 fully saturated rings. The van der Waals surface area contributed by atoms with Crippen molar-refractivity contribution in [1.29, 1.82) is 0 Å². The van der Waals surface area contributed by atoms with Gasteiger partial charge in [-0.2, -0.15) is 0 Å². The lowest BCUT2D eigenvalue weighted by molar-refractivity contribution is 0.202. The van der Waals surface area contributed by atoms with Gasteiger partial charge in [-0.1, -0.05) is 18.2 Å². The van der Waals surface area contributed by atoms with Gasteiger partial charge in [-0.25, -0.2) is 8.42 Å². The standard InChI is InChI=1S/C12H20N2O3S/c1-17-9-7-11-5-2-3-6-12(11)14-18(15,16)10-4-8-13/h2-3,5-6,14H,4,7-10,13H2,1H3. The molecule has 1 rings (SSSR count). The highest BCUT2D eigenvalue weighted by Gasteiger charge is 2.11. The second kappa shape index (κ2) is 7.35. The van der Waals surface area contributed by atoms with Gasteiger partial charge in [0.05, 0.1) is 18.0 Å². The summed E-state index contributed by atoms with van der Waals surface area (Å²) in [5, 5.41) is 0. The van der Waals surface area contributed by atoms with Crippen LogP contribution >= 0.6 is 0 Å². The monoisotopic (exact) mass is 272 g/mol. The Hall–Kier alpha value is -1.11. The van der Waals surface area contributed by atoms with Crippen molar-refractivity contribution in [2.45, 2.75) is 12.8 Å². The number of nitrogens with one attached hydrogen (secondary N) is 1. The highest BCUT2D eigenvalue weighted by Crippen LogP contribution is 2.17. The fourth-order valence-corrected chi connectivity index (χ4v) is 2.72. The molecule has 0 saturated heterocycles. The Labute approximate surface area is 108 Å². The number of para-hydroxylation sites is 1. The van der Waals surface area contributed by atoms with Crippen LogP contribution in [0.25, 0.3) is 0 Å². The van der Waals surface area contributed by atoms with E-state index in [2.05, 4.69) is 4.72 Å². The Balaban J connectivity index is 2.77. The van der Waals surface area contributed by atoms with Crippen molar-refractivity contribution in [1.82, 2.24) is 0 Å². The van der Waals surface area contributed by atoms with Gasteiger partial charge in [0, 0.05) is 7.11 Å². The maximum absolute atomic E-state index is 11.8. The fourth-order valence-electron chi connectivity index (χ4n) is 1.54. The summed E-state index contributed by atoms with van der Waals surface area (Å²) in [6.45, 7) is 0.924. The van der Waals surface area contributed by atoms with Crippen LogP contribution in [0.5, 0.6) is 0 Å². The maximum atomic E-state index is 11.8. The largest absolute Gasteiger partial charge is 0.384 e. The number of nitrogens with two attached hydrogens (primary N) is 1. The molecule has 1 aromatic rings. The number of hydrogen-bond donors (Lipinski definition) is 2. The summed E-state index contributed by atoms with van der Waals surface area (Å²) in [6.07, 6.45) is 1.13. The van der Waals surface area contributed by atoms with Gasteiger partial charge in [-0.3, -0.25) is 4.72 Å². The molecule has 1 aromatic carbocycles. The molecule has 0 unspecified atom stereocenters. The van der Waals surface area contributed by atoms with E-state index < -0.39 is 10.0 Å². The van der Waals surface area contributed by atoms with E-state index >= 15 is 0 Å². The van der Waals surface area contributed by atoms with Crippen molar-refractivity contribution in [3.05, 3.63) is 29.8 Å². The van der Waals surface area contributed by atoms with E-state index in [1.807, 2.05) is 12.1 Å². The predicted octanol–water partition coefficient (Wildman–Crippen LogP) is 0.966. The Morgan fingerprint density at radius 2 is 2.06 bits per heavy atom. The fraction of sp³-hybridized carbons (Fsp3) is 0.500. The van der Waals surface area contributed by atoms with Crippen molar-refractivity contribution in [3.8, 4) is 0 Å². The summed E-state index contributed by atoms with van der Waals surface area (Å²) in [5.41, 5.74) is 6.86. The Morgan fingerprint density at radius 3 is 2.72 bits per heavy atom. The first-order valence-electron chi connectivity index (χ1n) is 5.86. The van der Waals surface area contributed by atoms with E-state index in [1.165, 1.54) is 0 Å². The summed E-state index contributed by atoms with van der Waals surface area (Å²) in [4.78, 5) is 0. The molecule has 6 heteroatoms. The third kappa shape index (κ3) is 5.03. The molecule has 0 bridgehead atoms. The van der Waals surface area contributed by atoms with Crippen LogP contribution in [0.1, 0.15) is 12.0 Å². The number of anilines is 1. The van der Waals surface area contributed by atoms with Gasteiger partial charge < -0.3 is 10.5 Å². The van der Waals surface area contributed by atoms with Gasteiger partial charge in [0.2, 0.25) is 10.0 Å². The average molecular weight is 272 g/mol. The zero-order valence-corrected chi connectivity index (χ0v) is 11.4. The number of sulfonamides is 1. The predicted molar refractivity (Wildman–Crippen MR) is 73.1 cm³/mol. The van der Waals surface area contributed by atoms with Crippen LogP contribution in [-0.4, -0.2) is 34.4 Å². The molecule has 0 aliphatic rings. The van der Waals surface area contributed by atoms with Gasteiger partial charge in [0.25, 0.3) is 0 Å². The molecule has 0 atom stereocenters. The number of benzene rings is 1. The van der Waals surface area contributed by atoms with Crippen molar-refractivity contribution >= 4 is 15.7 Å². The van der Waals surface area contributed by atoms with Crippen LogP contribution in [0.3, 0.4) is 0 Å². The molecule has 3 N–H and O–H groups in total. The highest BCUT2D eigenvalue weighted by atomic mass is 32.2. The van der Waals surface area contributed by atoms with E-state index in [0.717, 1.165) is 5.56 Å². The summed E-state index contributed by atoms with van der Waals surface area (Å²) in [5.74, 6) is 0.0438. The second-order valence-electron chi connectivity index (χ2n) is 3.96. The molecule has 5 nitrogen and oxygen atoms in total. The van der Waals surface area contributed by atoms with Crippen molar-refractivity contribution in [3.63, 3.8) is 0 Å². The van der Waals surface area contributed by atoms with Crippen LogP contribution in [0.4, 0.5) is 5.69 Å². The van der Waals surface area contributed by atoms with Gasteiger partial charge in [0.15, 0.2) is 0 Å². The topological polar surface area (TPSA) is 81.4 Å². The first-order valence-corrected chi connectivity index (χ1v) is 7.51. The first-order chi connectivity index (χ1) is 8.59. The lowest BCUT2D eigenvalue weighted by Gasteiger charge is -2.12. The van der Waals surface area contributed by atoms with Crippen LogP contribution in [0.15, 0.2) is 24.3 Å². The molecule has 0 amide bonds. The van der Waals surface area contributed by atoms with E-state index in [-0.39, 0.29) is 5.75 Å². The number of methoxy groups -OCH3 is 1. The van der Waals surface area contributed by atoms with E-state index in [4.69, 9.17) is 10.5 Å². The zero-order chi connectivity index (χ0) is 13.4. The van der Waals surface area contributed by atoms with Crippen LogP contribution in [0.2, 0.25) is 0 Å². The summed E-state index contributed by atoms with van der Waals surface area (Å²) in [7, 11) is -1.70. The second-order valence-corrected chi connectivity index (χ2v) is 5.80. The van der Waals surface area contributed by atoms with Crippen molar-refractivity contribution < 1.29 is 13.2 Å². The minimum absolute atomic E-state index is 0.0438. The minimum Gasteiger partial charge on any atom is -0.384 e. The van der Waals surface area contributed by atoms with Crippen molar-refractivity contribution in [2.75, 3.05) is 30.7 Å². The molecule has 0 aliphatic heterocycles. The van der Waals surface area contributed by atoms with Gasteiger partial charge in [-0.05, 0) is 31.0 Å². The zero-order valence-electron chi connectivity index (χ0n) is 10.6. The molecule has 0 aliphatic carbocycles. The summed E-state index contributed by atoms with van der Waals surface area (Å²) >= 11 is 0. The van der Waals surface area contributed by atoms with Crippen molar-refractivity contribution in [2.24, 2.45) is 5.73 Å². The molecule has 0 spiro atoms. The van der Waals surface area contributed by atoms with E-state index in [9.17, 15) is 8.42 Å². The van der Waals surface area contributed by atoms with Crippen LogP contribution in [0, 0.1) is 0 Å². The van der Waals surface area contributed by atoms with E-state index in [0.29, 0.717) is 31.7 Å². The minimum atomic E-state index is -3.32. The normalized spacial score (nSPS) is 11.4. The van der Waals surface area contributed by atoms with Gasteiger partial charge in [0.1, 0.15) is 0 Å². The molecule has 0 heterocycles. The molecule has 0 aromatic heterocycles. The molecular weight excluding hydrogens is 252 g/mol. The number of ether oxygens (including phenoxy) is 1. The number of hydrogen-bond acceptors (Lipinski definition) is 4. The average Bonchev–Trinajstić information content (AvgIpc) is 2.35. The van der Waals surface area contributed by atoms with E-state index in [1.54, 1.807) is 19.2 Å². The Bertz CT molecular complexity index is 460. The Kier molecular flexibility index (Phi) is 6.11. The quantitative estimate of drug-likeness (QED) is 0.738. The molecular formula is C12H20N2O3S. The molecule has 0 radical (unpaired) electrons. The highest BCUT2D eigenvalue weighted by molar-refractivity contribution is 7.92. The van der Waals surface area contributed by atoms with Crippen LogP contribution < -0.4 is 10.5 Å². The molecule has 18 heavy (non-hydrogen) atoms. The Morgan fingerprint density at radius 1 is 1.33 bits per heavy atom. The molecule has 0 saturated carbocycles. The third-order valence-corrected chi connectivity index (χ3v) is 3.83. The SMILES string of the molecule is COCCc1ccccc1NS(=O)(=O)CCCN. The lowest BCUT2D eigenvalue weighted by Crippen LogP contribution is -2.19. The molecule has 102 valence electrons. The summed E-state index contributed by atoms with van der Waals surface area (Å²) in [6, 6.07) is 7.32. The maximum Gasteiger partial charge on any atom is 0.232 e. The van der Waals surface area contributed by atoms with Gasteiger partial charge >= 0.3 is 0 Å². The smallest absolute Gasteiger partial charge is 0.232 e. The lowest BCUT2D eigenvalue weighted by atomic mass is 10.1. The number of rotatable bonds is 8. The van der Waals surface area contributed by atoms with Crippen LogP contribution in [-0.2, 0) is 21.2 Å². The van der Waals surface area contributed by atoms with Gasteiger partial charge in [-0.15, -0.1) is 0 Å². The first kappa shape index (κ1) is 14.9.